The predicted molar refractivity (Wildman–Crippen MR) is 65.0 cm³/mol. The average molecular weight is 326 g/mol. The minimum absolute atomic E-state index is 0. The van der Waals surface area contributed by atoms with Crippen LogP contribution in [0.4, 0.5) is 0 Å². The molecule has 3 nitrogen and oxygen atoms in total. The van der Waals surface area contributed by atoms with Gasteiger partial charge >= 0.3 is 0 Å². The maximum absolute atomic E-state index is 11.8. The number of carbonyl (C=O) groups is 1. The standard InChI is InChI=1S/C9H13BrN2O.BrH/c1-9(2,3)7(13)8(10)12-5-4-11-6-12;/h4-6,8H,1-3H3;1H. The highest BCUT2D eigenvalue weighted by Crippen LogP contribution is 2.27. The lowest BCUT2D eigenvalue weighted by Gasteiger charge is -2.21. The zero-order chi connectivity index (χ0) is 10.1. The average Bonchev–Trinajstić information content (AvgIpc) is 2.51. The van der Waals surface area contributed by atoms with Gasteiger partial charge in [-0.2, -0.15) is 0 Å². The van der Waals surface area contributed by atoms with E-state index >= 15 is 0 Å². The van der Waals surface area contributed by atoms with E-state index in [4.69, 9.17) is 0 Å². The molecule has 0 spiro atoms. The van der Waals surface area contributed by atoms with Crippen LogP contribution < -0.4 is 0 Å². The molecule has 1 rings (SSSR count). The van der Waals surface area contributed by atoms with Gasteiger partial charge in [-0.15, -0.1) is 17.0 Å². The van der Waals surface area contributed by atoms with E-state index in [1.165, 1.54) is 0 Å². The first kappa shape index (κ1) is 13.8. The minimum Gasteiger partial charge on any atom is -0.317 e. The van der Waals surface area contributed by atoms with Crippen LogP contribution >= 0.6 is 32.9 Å². The molecule has 0 radical (unpaired) electrons. The first-order chi connectivity index (χ1) is 5.93. The molecule has 0 aromatic carbocycles. The van der Waals surface area contributed by atoms with Crippen LogP contribution in [0.2, 0.25) is 0 Å². The number of halogens is 2. The normalized spacial score (nSPS) is 13.1. The van der Waals surface area contributed by atoms with Gasteiger partial charge in [0.1, 0.15) is 4.95 Å². The molecule has 0 aliphatic heterocycles. The highest BCUT2D eigenvalue weighted by Gasteiger charge is 2.28. The molecule has 0 N–H and O–H groups in total. The number of ketones is 1. The van der Waals surface area contributed by atoms with Gasteiger partial charge < -0.3 is 4.57 Å². The van der Waals surface area contributed by atoms with Crippen molar-refractivity contribution in [2.24, 2.45) is 5.41 Å². The van der Waals surface area contributed by atoms with Crippen LogP contribution in [0.1, 0.15) is 25.7 Å². The van der Waals surface area contributed by atoms with E-state index in [1.54, 1.807) is 23.3 Å². The Morgan fingerprint density at radius 1 is 1.50 bits per heavy atom. The lowest BCUT2D eigenvalue weighted by molar-refractivity contribution is -0.127. The third-order valence-electron chi connectivity index (χ3n) is 1.74. The fraction of sp³-hybridized carbons (Fsp3) is 0.556. The van der Waals surface area contributed by atoms with Crippen LogP contribution in [0, 0.1) is 5.41 Å². The second kappa shape index (κ2) is 5.07. The van der Waals surface area contributed by atoms with E-state index in [0.29, 0.717) is 0 Å². The van der Waals surface area contributed by atoms with E-state index in [-0.39, 0.29) is 33.1 Å². The molecule has 0 saturated carbocycles. The number of hydrogen-bond acceptors (Lipinski definition) is 2. The highest BCUT2D eigenvalue weighted by molar-refractivity contribution is 9.09. The molecule has 0 saturated heterocycles. The molecule has 0 aliphatic rings. The molecule has 0 bridgehead atoms. The van der Waals surface area contributed by atoms with Crippen molar-refractivity contribution in [3.63, 3.8) is 0 Å². The van der Waals surface area contributed by atoms with E-state index in [2.05, 4.69) is 20.9 Å². The topological polar surface area (TPSA) is 34.9 Å². The Bertz CT molecular complexity index is 290. The number of nitrogens with zero attached hydrogens (tertiary/aromatic N) is 2. The van der Waals surface area contributed by atoms with Crippen molar-refractivity contribution in [2.75, 3.05) is 0 Å². The van der Waals surface area contributed by atoms with E-state index in [0.717, 1.165) is 0 Å². The number of alkyl halides is 1. The van der Waals surface area contributed by atoms with Gasteiger partial charge in [0.05, 0.1) is 6.33 Å². The van der Waals surface area contributed by atoms with Crippen molar-refractivity contribution in [2.45, 2.75) is 25.7 Å². The van der Waals surface area contributed by atoms with Gasteiger partial charge in [0, 0.05) is 17.8 Å². The van der Waals surface area contributed by atoms with Crippen LogP contribution in [-0.2, 0) is 4.79 Å². The number of imidazole rings is 1. The van der Waals surface area contributed by atoms with Gasteiger partial charge in [0.2, 0.25) is 0 Å². The summed E-state index contributed by atoms with van der Waals surface area (Å²) in [5, 5.41) is 0. The Hall–Kier alpha value is -0.160. The third-order valence-corrected chi connectivity index (χ3v) is 2.63. The number of hydrogen-bond donors (Lipinski definition) is 0. The Labute approximate surface area is 103 Å². The summed E-state index contributed by atoms with van der Waals surface area (Å²) in [6.45, 7) is 5.71. The Balaban J connectivity index is 0.00000169. The molecule has 0 fully saturated rings. The molecule has 1 aromatic heterocycles. The second-order valence-corrected chi connectivity index (χ2v) is 4.83. The van der Waals surface area contributed by atoms with Gasteiger partial charge in [-0.25, -0.2) is 4.98 Å². The molecule has 1 unspecified atom stereocenters. The smallest absolute Gasteiger partial charge is 0.171 e. The van der Waals surface area contributed by atoms with E-state index in [9.17, 15) is 4.79 Å². The van der Waals surface area contributed by atoms with Crippen LogP contribution in [0.5, 0.6) is 0 Å². The van der Waals surface area contributed by atoms with Crippen LogP contribution in [0.25, 0.3) is 0 Å². The Morgan fingerprint density at radius 3 is 2.43 bits per heavy atom. The monoisotopic (exact) mass is 324 g/mol. The summed E-state index contributed by atoms with van der Waals surface area (Å²) in [6, 6.07) is 0. The summed E-state index contributed by atoms with van der Waals surface area (Å²) in [6.07, 6.45) is 5.05. The van der Waals surface area contributed by atoms with Gasteiger partial charge in [-0.05, 0) is 0 Å². The summed E-state index contributed by atoms with van der Waals surface area (Å²) in [7, 11) is 0. The zero-order valence-corrected chi connectivity index (χ0v) is 11.7. The fourth-order valence-corrected chi connectivity index (χ4v) is 1.83. The van der Waals surface area contributed by atoms with Gasteiger partial charge in [0.25, 0.3) is 0 Å². The molecule has 14 heavy (non-hydrogen) atoms. The molecule has 5 heteroatoms. The zero-order valence-electron chi connectivity index (χ0n) is 8.40. The summed E-state index contributed by atoms with van der Waals surface area (Å²) in [4.78, 5) is 15.3. The largest absolute Gasteiger partial charge is 0.317 e. The second-order valence-electron chi connectivity index (χ2n) is 3.96. The Kier molecular flexibility index (Phi) is 5.01. The molecule has 0 aliphatic carbocycles. The SMILES string of the molecule is Br.CC(C)(C)C(=O)C(Br)n1ccnc1. The number of carbonyl (C=O) groups excluding carboxylic acids is 1. The maximum atomic E-state index is 11.8. The summed E-state index contributed by atoms with van der Waals surface area (Å²) < 4.78 is 1.74. The lowest BCUT2D eigenvalue weighted by Crippen LogP contribution is -2.26. The van der Waals surface area contributed by atoms with Crippen molar-refractivity contribution in [3.05, 3.63) is 18.7 Å². The fourth-order valence-electron chi connectivity index (χ4n) is 0.896. The quantitative estimate of drug-likeness (QED) is 0.783. The molecule has 1 heterocycles. The van der Waals surface area contributed by atoms with Crippen molar-refractivity contribution in [1.29, 1.82) is 0 Å². The van der Waals surface area contributed by atoms with Crippen molar-refractivity contribution >= 4 is 38.7 Å². The molecule has 1 aromatic rings. The van der Waals surface area contributed by atoms with Crippen LogP contribution in [0.15, 0.2) is 18.7 Å². The highest BCUT2D eigenvalue weighted by atomic mass is 79.9. The first-order valence-corrected chi connectivity index (χ1v) is 5.00. The summed E-state index contributed by atoms with van der Waals surface area (Å²) in [5.41, 5.74) is -0.335. The molecular formula is C9H14Br2N2O. The Morgan fingerprint density at radius 2 is 2.07 bits per heavy atom. The summed E-state index contributed by atoms with van der Waals surface area (Å²) in [5.74, 6) is 0.144. The molecule has 80 valence electrons. The molecule has 0 amide bonds. The van der Waals surface area contributed by atoms with Gasteiger partial charge in [-0.3, -0.25) is 4.79 Å². The summed E-state index contributed by atoms with van der Waals surface area (Å²) >= 11 is 3.34. The van der Waals surface area contributed by atoms with Crippen LogP contribution in [0.3, 0.4) is 0 Å². The van der Waals surface area contributed by atoms with Crippen LogP contribution in [-0.4, -0.2) is 15.3 Å². The van der Waals surface area contributed by atoms with Gasteiger partial charge in [0.15, 0.2) is 5.78 Å². The minimum atomic E-state index is -0.335. The third kappa shape index (κ3) is 3.20. The first-order valence-electron chi connectivity index (χ1n) is 4.09. The number of Topliss-reactive ketones (excluding diaryl/α,β-unsaturated/α-hetero) is 1. The number of rotatable bonds is 2. The van der Waals surface area contributed by atoms with E-state index in [1.807, 2.05) is 20.8 Å². The van der Waals surface area contributed by atoms with Crippen molar-refractivity contribution in [1.82, 2.24) is 9.55 Å². The lowest BCUT2D eigenvalue weighted by atomic mass is 9.91. The molecular weight excluding hydrogens is 312 g/mol. The van der Waals surface area contributed by atoms with E-state index < -0.39 is 0 Å². The maximum Gasteiger partial charge on any atom is 0.171 e. The van der Waals surface area contributed by atoms with Crippen molar-refractivity contribution < 1.29 is 4.79 Å². The van der Waals surface area contributed by atoms with Gasteiger partial charge in [-0.1, -0.05) is 36.7 Å². The molecule has 1 atom stereocenters. The van der Waals surface area contributed by atoms with Crippen molar-refractivity contribution in [3.8, 4) is 0 Å². The number of aromatic nitrogens is 2. The predicted octanol–water partition coefficient (Wildman–Crippen LogP) is 2.97.